The van der Waals surface area contributed by atoms with E-state index in [2.05, 4.69) is 17.1 Å². The Balaban J connectivity index is 1.27. The standard InChI is InChI=1S/C26H21N3O3/c1-28(20-6-2-4-15-5-3-13-27-23(15)20)24(30)16-9-11-19(12-10-16)29-25(31)21-17-7-8-18(14-17)22(21)26(29)32/h2-13,17-18,21-22H,14H2,1H3/t17-,18?,21-,22+/m0/s1. The molecular formula is C26H21N3O3. The Morgan fingerprint density at radius 2 is 1.59 bits per heavy atom. The van der Waals surface area contributed by atoms with Gasteiger partial charge in [-0.2, -0.15) is 0 Å². The molecule has 6 nitrogen and oxygen atoms in total. The summed E-state index contributed by atoms with van der Waals surface area (Å²) in [5, 5.41) is 0.958. The Hall–Kier alpha value is -3.80. The van der Waals surface area contributed by atoms with Crippen LogP contribution in [0.1, 0.15) is 16.8 Å². The Labute approximate surface area is 185 Å². The lowest BCUT2D eigenvalue weighted by atomic mass is 9.85. The lowest BCUT2D eigenvalue weighted by molar-refractivity contribution is -0.123. The fourth-order valence-corrected chi connectivity index (χ4v) is 5.57. The van der Waals surface area contributed by atoms with E-state index >= 15 is 0 Å². The SMILES string of the molecule is CN(C(=O)c1ccc(N2C(=O)[C@@H]3[C@H](C2=O)C2C=C[C@H]3C2)cc1)c1cccc2cccnc12. The Bertz CT molecular complexity index is 1280. The van der Waals surface area contributed by atoms with Gasteiger partial charge in [0.05, 0.1) is 28.7 Å². The van der Waals surface area contributed by atoms with Crippen LogP contribution in [-0.4, -0.2) is 29.8 Å². The quantitative estimate of drug-likeness (QED) is 0.474. The second-order valence-electron chi connectivity index (χ2n) is 8.78. The smallest absolute Gasteiger partial charge is 0.258 e. The first-order valence-corrected chi connectivity index (χ1v) is 10.8. The van der Waals surface area contributed by atoms with Crippen molar-refractivity contribution in [2.75, 3.05) is 16.8 Å². The second-order valence-corrected chi connectivity index (χ2v) is 8.78. The van der Waals surface area contributed by atoms with Gasteiger partial charge >= 0.3 is 0 Å². The second kappa shape index (κ2) is 6.85. The van der Waals surface area contributed by atoms with E-state index in [0.717, 1.165) is 23.0 Å². The Morgan fingerprint density at radius 3 is 2.28 bits per heavy atom. The molecule has 0 spiro atoms. The van der Waals surface area contributed by atoms with E-state index in [1.165, 1.54) is 4.90 Å². The number of carbonyl (C=O) groups is 3. The summed E-state index contributed by atoms with van der Waals surface area (Å²) in [4.78, 5) is 46.5. The fraction of sp³-hybridized carbons (Fsp3) is 0.231. The molecule has 1 unspecified atom stereocenters. The number of hydrogen-bond donors (Lipinski definition) is 0. The molecule has 2 aromatic carbocycles. The van der Waals surface area contributed by atoms with Crippen LogP contribution in [0, 0.1) is 23.7 Å². The van der Waals surface area contributed by atoms with Crippen molar-refractivity contribution >= 4 is 40.0 Å². The van der Waals surface area contributed by atoms with Crippen LogP contribution >= 0.6 is 0 Å². The molecule has 3 aliphatic rings. The van der Waals surface area contributed by atoms with Gasteiger partial charge < -0.3 is 4.90 Å². The molecule has 2 aliphatic carbocycles. The maximum absolute atomic E-state index is 13.1. The molecule has 32 heavy (non-hydrogen) atoms. The fourth-order valence-electron chi connectivity index (χ4n) is 5.57. The summed E-state index contributed by atoms with van der Waals surface area (Å²) in [5.74, 6) is -0.532. The van der Waals surface area contributed by atoms with E-state index in [1.54, 1.807) is 42.4 Å². The largest absolute Gasteiger partial charge is 0.309 e. The summed E-state index contributed by atoms with van der Waals surface area (Å²) in [6.07, 6.45) is 6.78. The maximum Gasteiger partial charge on any atom is 0.258 e. The molecule has 4 atom stereocenters. The van der Waals surface area contributed by atoms with Gasteiger partial charge in [0.15, 0.2) is 0 Å². The van der Waals surface area contributed by atoms with E-state index in [9.17, 15) is 14.4 Å². The third-order valence-corrected chi connectivity index (χ3v) is 7.12. The molecule has 2 bridgehead atoms. The number of imide groups is 1. The molecule has 2 heterocycles. The number of pyridine rings is 1. The van der Waals surface area contributed by atoms with Crippen LogP contribution in [0.15, 0.2) is 72.9 Å². The zero-order chi connectivity index (χ0) is 22.0. The van der Waals surface area contributed by atoms with E-state index in [1.807, 2.05) is 30.3 Å². The highest BCUT2D eigenvalue weighted by atomic mass is 16.2. The number of anilines is 2. The Morgan fingerprint density at radius 1 is 0.938 bits per heavy atom. The zero-order valence-corrected chi connectivity index (χ0v) is 17.5. The summed E-state index contributed by atoms with van der Waals surface area (Å²) < 4.78 is 0. The summed E-state index contributed by atoms with van der Waals surface area (Å²) in [6, 6.07) is 16.3. The van der Waals surface area contributed by atoms with Crippen molar-refractivity contribution in [1.82, 2.24) is 4.98 Å². The van der Waals surface area contributed by atoms with Crippen LogP contribution in [0.4, 0.5) is 11.4 Å². The molecule has 0 N–H and O–H groups in total. The molecule has 1 aromatic heterocycles. The molecule has 0 radical (unpaired) electrons. The summed E-state index contributed by atoms with van der Waals surface area (Å²) in [5.41, 5.74) is 2.48. The minimum absolute atomic E-state index is 0.116. The van der Waals surface area contributed by atoms with Gasteiger partial charge in [-0.15, -0.1) is 0 Å². The average Bonchev–Trinajstić information content (AvgIpc) is 3.51. The predicted octanol–water partition coefficient (Wildman–Crippen LogP) is 3.82. The molecule has 3 amide bonds. The van der Waals surface area contributed by atoms with Gasteiger partial charge in [0.25, 0.3) is 5.91 Å². The van der Waals surface area contributed by atoms with Gasteiger partial charge in [-0.25, -0.2) is 0 Å². The third kappa shape index (κ3) is 2.59. The molecule has 1 saturated heterocycles. The number of fused-ring (bicyclic) bond motifs is 6. The topological polar surface area (TPSA) is 70.6 Å². The number of benzene rings is 2. The predicted molar refractivity (Wildman–Crippen MR) is 121 cm³/mol. The van der Waals surface area contributed by atoms with Crippen molar-refractivity contribution in [3.8, 4) is 0 Å². The first kappa shape index (κ1) is 18.9. The number of hydrogen-bond acceptors (Lipinski definition) is 4. The molecule has 1 aliphatic heterocycles. The van der Waals surface area contributed by atoms with Crippen LogP contribution < -0.4 is 9.80 Å². The van der Waals surface area contributed by atoms with Crippen molar-refractivity contribution in [2.24, 2.45) is 23.7 Å². The maximum atomic E-state index is 13.1. The first-order chi connectivity index (χ1) is 15.5. The number of aromatic nitrogens is 1. The monoisotopic (exact) mass is 423 g/mol. The van der Waals surface area contributed by atoms with E-state index in [4.69, 9.17) is 0 Å². The van der Waals surface area contributed by atoms with Crippen LogP contribution in [0.5, 0.6) is 0 Å². The molecule has 6 rings (SSSR count). The summed E-state index contributed by atoms with van der Waals surface area (Å²) >= 11 is 0. The zero-order valence-electron chi connectivity index (χ0n) is 17.5. The Kier molecular flexibility index (Phi) is 4.05. The van der Waals surface area contributed by atoms with Gasteiger partial charge in [0.2, 0.25) is 11.8 Å². The highest BCUT2D eigenvalue weighted by Gasteiger charge is 2.59. The highest BCUT2D eigenvalue weighted by molar-refractivity contribution is 6.23. The first-order valence-electron chi connectivity index (χ1n) is 10.8. The van der Waals surface area contributed by atoms with Crippen LogP contribution in [0.3, 0.4) is 0 Å². The molecule has 2 fully saturated rings. The molecule has 6 heteroatoms. The van der Waals surface area contributed by atoms with E-state index in [0.29, 0.717) is 11.3 Å². The number of allylic oxidation sites excluding steroid dienone is 2. The number of rotatable bonds is 3. The van der Waals surface area contributed by atoms with Gasteiger partial charge in [-0.1, -0.05) is 30.4 Å². The van der Waals surface area contributed by atoms with E-state index in [-0.39, 0.29) is 41.4 Å². The van der Waals surface area contributed by atoms with Gasteiger partial charge in [0.1, 0.15) is 0 Å². The highest BCUT2D eigenvalue weighted by Crippen LogP contribution is 2.53. The number of carbonyl (C=O) groups excluding carboxylic acids is 3. The lowest BCUT2D eigenvalue weighted by Crippen LogP contribution is -2.33. The average molecular weight is 423 g/mol. The summed E-state index contributed by atoms with van der Waals surface area (Å²) in [7, 11) is 1.72. The van der Waals surface area contributed by atoms with Crippen LogP contribution in [0.25, 0.3) is 10.9 Å². The van der Waals surface area contributed by atoms with E-state index < -0.39 is 0 Å². The minimum atomic E-state index is -0.233. The number of para-hydroxylation sites is 1. The minimum Gasteiger partial charge on any atom is -0.309 e. The summed E-state index contributed by atoms with van der Waals surface area (Å²) in [6.45, 7) is 0. The normalized spacial score (nSPS) is 25.6. The third-order valence-electron chi connectivity index (χ3n) is 7.12. The molecule has 158 valence electrons. The van der Waals surface area contributed by atoms with Crippen molar-refractivity contribution in [3.63, 3.8) is 0 Å². The molecule has 3 aromatic rings. The van der Waals surface area contributed by atoms with Crippen molar-refractivity contribution in [1.29, 1.82) is 0 Å². The van der Waals surface area contributed by atoms with Crippen molar-refractivity contribution < 1.29 is 14.4 Å². The molecular weight excluding hydrogens is 402 g/mol. The van der Waals surface area contributed by atoms with Gasteiger partial charge in [-0.05, 0) is 54.7 Å². The van der Waals surface area contributed by atoms with Crippen molar-refractivity contribution in [3.05, 3.63) is 78.5 Å². The number of amides is 3. The van der Waals surface area contributed by atoms with Gasteiger partial charge in [-0.3, -0.25) is 24.3 Å². The van der Waals surface area contributed by atoms with Crippen LogP contribution in [0.2, 0.25) is 0 Å². The lowest BCUT2D eigenvalue weighted by Gasteiger charge is -2.20. The van der Waals surface area contributed by atoms with Gasteiger partial charge in [0, 0.05) is 24.2 Å². The van der Waals surface area contributed by atoms with Crippen LogP contribution in [-0.2, 0) is 9.59 Å². The van der Waals surface area contributed by atoms with Crippen molar-refractivity contribution in [2.45, 2.75) is 6.42 Å². The molecule has 1 saturated carbocycles. The number of nitrogens with zero attached hydrogens (tertiary/aromatic N) is 3.